The minimum atomic E-state index is -0.316. The molecule has 0 spiro atoms. The molecule has 0 aliphatic rings. The van der Waals surface area contributed by atoms with Crippen LogP contribution in [0.3, 0.4) is 0 Å². The van der Waals surface area contributed by atoms with Crippen LogP contribution in [0.4, 0.5) is 0 Å². The Morgan fingerprint density at radius 3 is 2.40 bits per heavy atom. The maximum atomic E-state index is 9.36. The Balaban J connectivity index is 2.29. The van der Waals surface area contributed by atoms with Crippen molar-refractivity contribution < 1.29 is 10.2 Å². The van der Waals surface area contributed by atoms with Gasteiger partial charge in [0.1, 0.15) is 5.82 Å². The average Bonchev–Trinajstić information content (AvgIpc) is 2.48. The van der Waals surface area contributed by atoms with E-state index in [1.54, 1.807) is 7.05 Å². The van der Waals surface area contributed by atoms with E-state index in [4.69, 9.17) is 0 Å². The molecule has 1 heterocycles. The first-order valence-electron chi connectivity index (χ1n) is 4.66. The molecule has 0 radical (unpaired) electrons. The van der Waals surface area contributed by atoms with Gasteiger partial charge in [0, 0.05) is 13.5 Å². The second-order valence-corrected chi connectivity index (χ2v) is 3.40. The Labute approximate surface area is 87.4 Å². The fourth-order valence-electron chi connectivity index (χ4n) is 1.46. The third-order valence-electron chi connectivity index (χ3n) is 2.34. The van der Waals surface area contributed by atoms with Crippen LogP contribution in [0.1, 0.15) is 11.4 Å². The summed E-state index contributed by atoms with van der Waals surface area (Å²) < 4.78 is 1.47. The maximum absolute atomic E-state index is 9.36. The molecule has 0 aliphatic heterocycles. The van der Waals surface area contributed by atoms with E-state index in [0.29, 0.717) is 12.2 Å². The molecule has 0 saturated carbocycles. The lowest BCUT2D eigenvalue weighted by atomic mass is 10.1. The molecule has 2 aromatic rings. The van der Waals surface area contributed by atoms with Gasteiger partial charge in [-0.15, -0.1) is 0 Å². The van der Waals surface area contributed by atoms with Crippen molar-refractivity contribution in [2.24, 2.45) is 7.05 Å². The Bertz CT molecular complexity index is 463. The molecule has 4 nitrogen and oxygen atoms in total. The van der Waals surface area contributed by atoms with Gasteiger partial charge in [0.2, 0.25) is 0 Å². The van der Waals surface area contributed by atoms with Crippen molar-refractivity contribution in [2.45, 2.75) is 6.42 Å². The van der Waals surface area contributed by atoms with Gasteiger partial charge in [0.15, 0.2) is 0 Å². The van der Waals surface area contributed by atoms with Gasteiger partial charge in [-0.2, -0.15) is 4.98 Å². The molecule has 0 unspecified atom stereocenters. The largest absolute Gasteiger partial charge is 0.491 e. The van der Waals surface area contributed by atoms with E-state index in [2.05, 4.69) is 4.98 Å². The van der Waals surface area contributed by atoms with Crippen LogP contribution in [-0.4, -0.2) is 19.8 Å². The van der Waals surface area contributed by atoms with Crippen LogP contribution in [0.15, 0.2) is 30.3 Å². The summed E-state index contributed by atoms with van der Waals surface area (Å²) in [5, 5.41) is 18.6. The fourth-order valence-corrected chi connectivity index (χ4v) is 1.46. The predicted octanol–water partition coefficient (Wildman–Crippen LogP) is 1.42. The number of aromatic nitrogens is 2. The van der Waals surface area contributed by atoms with Crippen molar-refractivity contribution in [3.05, 3.63) is 41.7 Å². The third kappa shape index (κ3) is 1.79. The predicted molar refractivity (Wildman–Crippen MR) is 55.8 cm³/mol. The fraction of sp³-hybridized carbons (Fsp3) is 0.182. The van der Waals surface area contributed by atoms with Gasteiger partial charge in [-0.05, 0) is 5.56 Å². The molecule has 15 heavy (non-hydrogen) atoms. The summed E-state index contributed by atoms with van der Waals surface area (Å²) in [7, 11) is 1.67. The van der Waals surface area contributed by atoms with Crippen molar-refractivity contribution in [1.82, 2.24) is 9.55 Å². The number of nitrogens with zero attached hydrogens (tertiary/aromatic N) is 2. The quantitative estimate of drug-likeness (QED) is 0.777. The summed E-state index contributed by atoms with van der Waals surface area (Å²) in [6.07, 6.45) is 0.589. The van der Waals surface area contributed by atoms with Gasteiger partial charge in [0.05, 0.1) is 0 Å². The van der Waals surface area contributed by atoms with Crippen molar-refractivity contribution >= 4 is 0 Å². The lowest BCUT2D eigenvalue weighted by Gasteiger charge is -2.01. The molecule has 0 aliphatic carbocycles. The van der Waals surface area contributed by atoms with Crippen LogP contribution in [-0.2, 0) is 13.5 Å². The van der Waals surface area contributed by atoms with Crippen LogP contribution in [0, 0.1) is 0 Å². The Morgan fingerprint density at radius 2 is 1.87 bits per heavy atom. The normalized spacial score (nSPS) is 10.5. The topological polar surface area (TPSA) is 58.3 Å². The zero-order chi connectivity index (χ0) is 10.8. The zero-order valence-corrected chi connectivity index (χ0v) is 8.38. The minimum Gasteiger partial charge on any atom is -0.491 e. The van der Waals surface area contributed by atoms with E-state index in [1.807, 2.05) is 30.3 Å². The molecular weight excluding hydrogens is 192 g/mol. The van der Waals surface area contributed by atoms with Crippen LogP contribution in [0.5, 0.6) is 11.8 Å². The monoisotopic (exact) mass is 204 g/mol. The number of aromatic hydroxyl groups is 2. The second kappa shape index (κ2) is 3.65. The number of hydrogen-bond acceptors (Lipinski definition) is 3. The molecule has 0 atom stereocenters. The van der Waals surface area contributed by atoms with Gasteiger partial charge in [-0.3, -0.25) is 4.57 Å². The lowest BCUT2D eigenvalue weighted by Crippen LogP contribution is -1.98. The molecule has 2 N–H and O–H groups in total. The van der Waals surface area contributed by atoms with Crippen LogP contribution >= 0.6 is 0 Å². The summed E-state index contributed by atoms with van der Waals surface area (Å²) in [5.41, 5.74) is 1.09. The van der Waals surface area contributed by atoms with Gasteiger partial charge in [-0.25, -0.2) is 0 Å². The molecule has 0 bridgehead atoms. The van der Waals surface area contributed by atoms with E-state index in [-0.39, 0.29) is 11.8 Å². The van der Waals surface area contributed by atoms with Gasteiger partial charge in [0.25, 0.3) is 11.8 Å². The molecule has 78 valence electrons. The lowest BCUT2D eigenvalue weighted by molar-refractivity contribution is 0.373. The Kier molecular flexibility index (Phi) is 2.33. The van der Waals surface area contributed by atoms with Crippen LogP contribution in [0.25, 0.3) is 0 Å². The summed E-state index contributed by atoms with van der Waals surface area (Å²) in [6, 6.07) is 9.78. The highest BCUT2D eigenvalue weighted by Crippen LogP contribution is 2.24. The Morgan fingerprint density at radius 1 is 1.20 bits per heavy atom. The maximum Gasteiger partial charge on any atom is 0.275 e. The molecule has 0 saturated heterocycles. The summed E-state index contributed by atoms with van der Waals surface area (Å²) in [5.74, 6) is 0.126. The number of hydrogen-bond donors (Lipinski definition) is 2. The third-order valence-corrected chi connectivity index (χ3v) is 2.34. The summed E-state index contributed by atoms with van der Waals surface area (Å²) in [4.78, 5) is 3.87. The molecule has 1 aromatic heterocycles. The first kappa shape index (κ1) is 9.58. The number of imidazole rings is 1. The molecule has 4 heteroatoms. The van der Waals surface area contributed by atoms with E-state index in [9.17, 15) is 10.2 Å². The molecule has 1 aromatic carbocycles. The molecular formula is C11H12N2O2. The number of rotatable bonds is 2. The smallest absolute Gasteiger partial charge is 0.275 e. The van der Waals surface area contributed by atoms with Crippen molar-refractivity contribution in [2.75, 3.05) is 0 Å². The molecule has 0 amide bonds. The highest BCUT2D eigenvalue weighted by Gasteiger charge is 2.12. The van der Waals surface area contributed by atoms with Crippen molar-refractivity contribution in [1.29, 1.82) is 0 Å². The van der Waals surface area contributed by atoms with Crippen molar-refractivity contribution in [3.63, 3.8) is 0 Å². The van der Waals surface area contributed by atoms with E-state index in [0.717, 1.165) is 5.56 Å². The standard InChI is InChI=1S/C11H12N2O2/c1-13-9(12-10(14)11(13)15)7-8-5-3-2-4-6-8/h2-6,14-15H,7H2,1H3. The first-order chi connectivity index (χ1) is 7.18. The van der Waals surface area contributed by atoms with Gasteiger partial charge in [-0.1, -0.05) is 30.3 Å². The first-order valence-corrected chi connectivity index (χ1v) is 4.66. The minimum absolute atomic E-state index is 0.194. The zero-order valence-electron chi connectivity index (χ0n) is 8.38. The average molecular weight is 204 g/mol. The summed E-state index contributed by atoms with van der Waals surface area (Å²) >= 11 is 0. The van der Waals surface area contributed by atoms with E-state index in [1.165, 1.54) is 4.57 Å². The SMILES string of the molecule is Cn1c(Cc2ccccc2)nc(O)c1O. The van der Waals surface area contributed by atoms with E-state index < -0.39 is 0 Å². The molecule has 2 rings (SSSR count). The second-order valence-electron chi connectivity index (χ2n) is 3.40. The van der Waals surface area contributed by atoms with Crippen LogP contribution in [0.2, 0.25) is 0 Å². The van der Waals surface area contributed by atoms with E-state index >= 15 is 0 Å². The highest BCUT2D eigenvalue weighted by molar-refractivity contribution is 5.29. The molecule has 0 fully saturated rings. The van der Waals surface area contributed by atoms with Crippen LogP contribution < -0.4 is 0 Å². The van der Waals surface area contributed by atoms with Crippen molar-refractivity contribution in [3.8, 4) is 11.8 Å². The van der Waals surface area contributed by atoms with Gasteiger partial charge >= 0.3 is 0 Å². The summed E-state index contributed by atoms with van der Waals surface area (Å²) in [6.45, 7) is 0. The highest BCUT2D eigenvalue weighted by atomic mass is 16.3. The number of benzene rings is 1. The Hall–Kier alpha value is -1.97. The van der Waals surface area contributed by atoms with Gasteiger partial charge < -0.3 is 10.2 Å².